The topological polar surface area (TPSA) is 65.1 Å². The van der Waals surface area contributed by atoms with E-state index >= 15 is 0 Å². The van der Waals surface area contributed by atoms with E-state index in [0.29, 0.717) is 25.2 Å². The van der Waals surface area contributed by atoms with Crippen LogP contribution in [0.1, 0.15) is 10.4 Å². The second-order valence-electron chi connectivity index (χ2n) is 6.00. The maximum Gasteiger partial charge on any atom is 0.409 e. The Kier molecular flexibility index (Phi) is 6.43. The molecule has 0 aromatic heterocycles. The van der Waals surface area contributed by atoms with Crippen molar-refractivity contribution in [3.63, 3.8) is 0 Å². The van der Waals surface area contributed by atoms with Crippen molar-refractivity contribution in [1.29, 1.82) is 0 Å². The summed E-state index contributed by atoms with van der Waals surface area (Å²) in [4.78, 5) is 29.5. The van der Waals surface area contributed by atoms with Gasteiger partial charge in [0.05, 0.1) is 7.11 Å². The number of nitrogens with one attached hydrogen (secondary N) is 1. The Morgan fingerprint density at radius 3 is 2.29 bits per heavy atom. The van der Waals surface area contributed by atoms with Crippen LogP contribution in [0.5, 0.6) is 0 Å². The summed E-state index contributed by atoms with van der Waals surface area (Å²) in [5, 5.41) is 2.94. The van der Waals surface area contributed by atoms with Gasteiger partial charge in [0.15, 0.2) is 0 Å². The van der Waals surface area contributed by atoms with E-state index in [2.05, 4.69) is 10.2 Å². The van der Waals surface area contributed by atoms with Gasteiger partial charge >= 0.3 is 6.09 Å². The van der Waals surface area contributed by atoms with Gasteiger partial charge in [0, 0.05) is 64.6 Å². The molecule has 7 heteroatoms. The van der Waals surface area contributed by atoms with Gasteiger partial charge in [-0.3, -0.25) is 9.69 Å². The summed E-state index contributed by atoms with van der Waals surface area (Å²) in [6.45, 7) is 4.27. The van der Waals surface area contributed by atoms with E-state index in [1.165, 1.54) is 7.11 Å². The number of amides is 2. The molecule has 1 aliphatic rings. The summed E-state index contributed by atoms with van der Waals surface area (Å²) in [6.07, 6.45) is -0.274. The van der Waals surface area contributed by atoms with E-state index in [4.69, 9.17) is 4.74 Å². The van der Waals surface area contributed by atoms with Gasteiger partial charge in [-0.25, -0.2) is 4.79 Å². The maximum atomic E-state index is 12.1. The van der Waals surface area contributed by atoms with Gasteiger partial charge < -0.3 is 19.9 Å². The Hall–Kier alpha value is -2.28. The van der Waals surface area contributed by atoms with Crippen LogP contribution in [-0.4, -0.2) is 82.3 Å². The molecule has 0 bridgehead atoms. The molecule has 1 aromatic carbocycles. The van der Waals surface area contributed by atoms with Crippen LogP contribution in [0.4, 0.5) is 10.5 Å². The van der Waals surface area contributed by atoms with Crippen LogP contribution < -0.4 is 10.2 Å². The third-order valence-electron chi connectivity index (χ3n) is 4.16. The van der Waals surface area contributed by atoms with E-state index in [-0.39, 0.29) is 12.0 Å². The summed E-state index contributed by atoms with van der Waals surface area (Å²) < 4.78 is 4.72. The molecule has 0 saturated carbocycles. The van der Waals surface area contributed by atoms with Crippen LogP contribution in [0.3, 0.4) is 0 Å². The lowest BCUT2D eigenvalue weighted by atomic mass is 10.2. The lowest BCUT2D eigenvalue weighted by Crippen LogP contribution is -2.50. The van der Waals surface area contributed by atoms with Crippen LogP contribution in [0, 0.1) is 0 Å². The number of piperazine rings is 1. The molecule has 1 fully saturated rings. The lowest BCUT2D eigenvalue weighted by Gasteiger charge is -2.33. The van der Waals surface area contributed by atoms with Crippen LogP contribution in [-0.2, 0) is 4.74 Å². The smallest absolute Gasteiger partial charge is 0.409 e. The molecule has 132 valence electrons. The molecule has 1 aliphatic heterocycles. The first-order valence-electron chi connectivity index (χ1n) is 8.12. The predicted octanol–water partition coefficient (Wildman–Crippen LogP) is 0.866. The molecule has 0 unspecified atom stereocenters. The summed E-state index contributed by atoms with van der Waals surface area (Å²) in [5.41, 5.74) is 1.73. The number of hydrogen-bond donors (Lipinski definition) is 1. The normalized spacial score (nSPS) is 15.0. The fraction of sp³-hybridized carbons (Fsp3) is 0.529. The molecule has 1 aromatic rings. The molecule has 0 aliphatic carbocycles. The van der Waals surface area contributed by atoms with Crippen molar-refractivity contribution in [3.05, 3.63) is 29.8 Å². The molecular weight excluding hydrogens is 308 g/mol. The second-order valence-corrected chi connectivity index (χ2v) is 6.00. The van der Waals surface area contributed by atoms with Crippen molar-refractivity contribution in [2.45, 2.75) is 0 Å². The van der Waals surface area contributed by atoms with Crippen molar-refractivity contribution in [2.24, 2.45) is 0 Å². The Balaban J connectivity index is 1.70. The third-order valence-corrected chi connectivity index (χ3v) is 4.16. The Morgan fingerprint density at radius 2 is 1.75 bits per heavy atom. The Bertz CT molecular complexity index is 551. The van der Waals surface area contributed by atoms with Crippen molar-refractivity contribution < 1.29 is 14.3 Å². The number of ether oxygens (including phenoxy) is 1. The molecule has 2 rings (SSSR count). The zero-order valence-corrected chi connectivity index (χ0v) is 14.6. The largest absolute Gasteiger partial charge is 0.453 e. The van der Waals surface area contributed by atoms with Crippen molar-refractivity contribution in [3.8, 4) is 0 Å². The number of methoxy groups -OCH3 is 1. The van der Waals surface area contributed by atoms with Crippen molar-refractivity contribution >= 4 is 17.7 Å². The van der Waals surface area contributed by atoms with Crippen molar-refractivity contribution in [2.75, 3.05) is 65.4 Å². The van der Waals surface area contributed by atoms with Gasteiger partial charge in [-0.15, -0.1) is 0 Å². The number of carbonyl (C=O) groups excluding carboxylic acids is 2. The minimum absolute atomic E-state index is 0.0616. The molecule has 7 nitrogen and oxygen atoms in total. The molecule has 1 N–H and O–H groups in total. The van der Waals surface area contributed by atoms with Crippen LogP contribution in [0.15, 0.2) is 24.3 Å². The highest BCUT2D eigenvalue weighted by molar-refractivity contribution is 5.94. The zero-order valence-electron chi connectivity index (χ0n) is 14.6. The van der Waals surface area contributed by atoms with Crippen LogP contribution >= 0.6 is 0 Å². The average molecular weight is 334 g/mol. The first kappa shape index (κ1) is 18.1. The molecule has 0 radical (unpaired) electrons. The highest BCUT2D eigenvalue weighted by Gasteiger charge is 2.21. The molecule has 1 saturated heterocycles. The van der Waals surface area contributed by atoms with Gasteiger partial charge in [-0.05, 0) is 24.3 Å². The van der Waals surface area contributed by atoms with E-state index in [1.54, 1.807) is 4.90 Å². The van der Waals surface area contributed by atoms with E-state index in [0.717, 1.165) is 25.3 Å². The Morgan fingerprint density at radius 1 is 1.12 bits per heavy atom. The quantitative estimate of drug-likeness (QED) is 0.865. The van der Waals surface area contributed by atoms with E-state index in [1.807, 2.05) is 43.3 Å². The summed E-state index contributed by atoms with van der Waals surface area (Å²) in [7, 11) is 5.33. The van der Waals surface area contributed by atoms with Crippen molar-refractivity contribution in [1.82, 2.24) is 15.1 Å². The third kappa shape index (κ3) is 4.86. The van der Waals surface area contributed by atoms with E-state index in [9.17, 15) is 9.59 Å². The SMILES string of the molecule is COC(=O)N1CCN(CCNC(=O)c2ccc(N(C)C)cc2)CC1. The number of rotatable bonds is 5. The van der Waals surface area contributed by atoms with Gasteiger partial charge in [0.25, 0.3) is 5.91 Å². The van der Waals surface area contributed by atoms with Gasteiger partial charge in [-0.1, -0.05) is 0 Å². The number of carbonyl (C=O) groups is 2. The first-order valence-corrected chi connectivity index (χ1v) is 8.12. The van der Waals surface area contributed by atoms with Crippen LogP contribution in [0.25, 0.3) is 0 Å². The predicted molar refractivity (Wildman–Crippen MR) is 93.5 cm³/mol. The molecule has 0 spiro atoms. The van der Waals surface area contributed by atoms with Crippen LogP contribution in [0.2, 0.25) is 0 Å². The summed E-state index contributed by atoms with van der Waals surface area (Å²) >= 11 is 0. The first-order chi connectivity index (χ1) is 11.5. The number of nitrogens with zero attached hydrogens (tertiary/aromatic N) is 3. The zero-order chi connectivity index (χ0) is 17.5. The lowest BCUT2D eigenvalue weighted by molar-refractivity contribution is 0.0885. The molecular formula is C17H26N4O3. The molecule has 24 heavy (non-hydrogen) atoms. The van der Waals surface area contributed by atoms with Gasteiger partial charge in [-0.2, -0.15) is 0 Å². The van der Waals surface area contributed by atoms with Gasteiger partial charge in [0.2, 0.25) is 0 Å². The molecule has 0 atom stereocenters. The molecule has 2 amide bonds. The fourth-order valence-corrected chi connectivity index (χ4v) is 2.62. The number of benzene rings is 1. The summed E-state index contributed by atoms with van der Waals surface area (Å²) in [6, 6.07) is 7.53. The monoisotopic (exact) mass is 334 g/mol. The average Bonchev–Trinajstić information content (AvgIpc) is 2.61. The van der Waals surface area contributed by atoms with E-state index < -0.39 is 0 Å². The summed E-state index contributed by atoms with van der Waals surface area (Å²) in [5.74, 6) is -0.0616. The Labute approximate surface area is 143 Å². The van der Waals surface area contributed by atoms with Gasteiger partial charge in [0.1, 0.15) is 0 Å². The minimum Gasteiger partial charge on any atom is -0.453 e. The highest BCUT2D eigenvalue weighted by Crippen LogP contribution is 2.12. The number of hydrogen-bond acceptors (Lipinski definition) is 5. The molecule has 1 heterocycles. The second kappa shape index (κ2) is 8.54. The standard InChI is InChI=1S/C17H26N4O3/c1-19(2)15-6-4-14(5-7-15)16(22)18-8-9-20-10-12-21(13-11-20)17(23)24-3/h4-7H,8-13H2,1-3H3,(H,18,22). The fourth-order valence-electron chi connectivity index (χ4n) is 2.62. The maximum absolute atomic E-state index is 12.1. The minimum atomic E-state index is -0.274. The number of anilines is 1. The highest BCUT2D eigenvalue weighted by atomic mass is 16.5.